The van der Waals surface area contributed by atoms with Gasteiger partial charge >= 0.3 is 0 Å². The fraction of sp³-hybridized carbons (Fsp3) is 0.931. The SMILES string of the molecule is CC(C)NCCCCC(NC(C)C)C(=O)NCCCN(CCCCN(CCCNC(=O)C(CCCCNC(C)C)NC(C)C)C(=O)C(CCCCNC(C)C)NC(C)C)C(=O)C(CCCCNC(C)C)NC(C)C. The number of hydrogen-bond donors (Lipinski definition) is 10. The minimum atomic E-state index is -0.308. The summed E-state index contributed by atoms with van der Waals surface area (Å²) in [5, 5.41) is 34.5. The number of unbranched alkanes of at least 4 members (excludes halogenated alkanes) is 5. The van der Waals surface area contributed by atoms with Crippen molar-refractivity contribution in [2.45, 2.75) is 286 Å². The topological polar surface area (TPSA) is 195 Å². The summed E-state index contributed by atoms with van der Waals surface area (Å²) in [4.78, 5) is 60.3. The molecular formula is C58H122N12O4. The molecule has 0 heterocycles. The van der Waals surface area contributed by atoms with E-state index in [0.717, 1.165) is 116 Å². The second-order valence-electron chi connectivity index (χ2n) is 23.6. The third kappa shape index (κ3) is 39.9. The van der Waals surface area contributed by atoms with Crippen molar-refractivity contribution in [2.24, 2.45) is 0 Å². The van der Waals surface area contributed by atoms with Crippen LogP contribution in [0.25, 0.3) is 0 Å². The van der Waals surface area contributed by atoms with Crippen LogP contribution in [0.3, 0.4) is 0 Å². The fourth-order valence-electron chi connectivity index (χ4n) is 9.12. The zero-order valence-electron chi connectivity index (χ0n) is 50.8. The van der Waals surface area contributed by atoms with Crippen LogP contribution in [0.15, 0.2) is 0 Å². The van der Waals surface area contributed by atoms with Gasteiger partial charge < -0.3 is 63.0 Å². The summed E-state index contributed by atoms with van der Waals surface area (Å²) in [6, 6.07) is 1.24. The molecule has 0 aliphatic heterocycles. The van der Waals surface area contributed by atoms with Crippen molar-refractivity contribution in [2.75, 3.05) is 65.4 Å². The molecule has 0 aromatic carbocycles. The summed E-state index contributed by atoms with van der Waals surface area (Å²) in [5.41, 5.74) is 0. The first-order valence-corrected chi connectivity index (χ1v) is 30.1. The molecule has 438 valence electrons. The summed E-state index contributed by atoms with van der Waals surface area (Å²) in [5.74, 6) is 0.236. The molecule has 10 N–H and O–H groups in total. The Hall–Kier alpha value is -2.44. The lowest BCUT2D eigenvalue weighted by molar-refractivity contribution is -0.135. The van der Waals surface area contributed by atoms with Gasteiger partial charge in [0.15, 0.2) is 0 Å². The number of amides is 4. The molecule has 4 unspecified atom stereocenters. The summed E-state index contributed by atoms with van der Waals surface area (Å²) < 4.78 is 0. The largest absolute Gasteiger partial charge is 0.355 e. The van der Waals surface area contributed by atoms with E-state index in [0.29, 0.717) is 76.3 Å². The Bertz CT molecular complexity index is 1300. The second kappa shape index (κ2) is 44.5. The van der Waals surface area contributed by atoms with Crippen LogP contribution in [-0.2, 0) is 19.2 Å². The van der Waals surface area contributed by atoms with E-state index in [2.05, 4.69) is 164 Å². The van der Waals surface area contributed by atoms with Crippen molar-refractivity contribution >= 4 is 23.6 Å². The minimum Gasteiger partial charge on any atom is -0.355 e. The van der Waals surface area contributed by atoms with Gasteiger partial charge in [0, 0.05) is 87.6 Å². The highest BCUT2D eigenvalue weighted by Crippen LogP contribution is 2.13. The smallest absolute Gasteiger partial charge is 0.239 e. The van der Waals surface area contributed by atoms with Crippen LogP contribution in [0.5, 0.6) is 0 Å². The average molecular weight is 1050 g/mol. The standard InChI is InChI=1S/C58H122N12O4/c1-43(2)59-33-21-17-29-51(65-47(9)10)55(71)63-37-27-41-69(57(73)53(67-49(13)14)31-19-23-35-61-45(5)6)39-25-26-40-70(58(74)54(68-50(15)16)32-20-24-36-62-46(7)8)42-28-38-64-56(72)52(66-48(11)12)30-18-22-34-60-44(3)4/h43-54,59-62,65-68H,17-42H2,1-16H3,(H,63,71)(H,64,72). The van der Waals surface area contributed by atoms with E-state index in [4.69, 9.17) is 0 Å². The van der Waals surface area contributed by atoms with Crippen LogP contribution in [0.2, 0.25) is 0 Å². The molecule has 0 aliphatic carbocycles. The summed E-state index contributed by atoms with van der Waals surface area (Å²) in [7, 11) is 0. The van der Waals surface area contributed by atoms with E-state index in [1.165, 1.54) is 0 Å². The molecule has 16 nitrogen and oxygen atoms in total. The molecule has 74 heavy (non-hydrogen) atoms. The maximum absolute atomic E-state index is 14.6. The van der Waals surface area contributed by atoms with Crippen LogP contribution in [-0.4, -0.2) is 171 Å². The van der Waals surface area contributed by atoms with Crippen molar-refractivity contribution in [3.63, 3.8) is 0 Å². The Morgan fingerprint density at radius 1 is 0.284 bits per heavy atom. The van der Waals surface area contributed by atoms with Gasteiger partial charge in [0.2, 0.25) is 23.6 Å². The molecule has 0 fully saturated rings. The van der Waals surface area contributed by atoms with Crippen LogP contribution in [0.4, 0.5) is 0 Å². The molecule has 0 radical (unpaired) electrons. The van der Waals surface area contributed by atoms with Gasteiger partial charge in [-0.05, 0) is 103 Å². The molecule has 4 atom stereocenters. The number of carbonyl (C=O) groups excluding carboxylic acids is 4. The van der Waals surface area contributed by atoms with E-state index in [9.17, 15) is 19.2 Å². The molecule has 16 heteroatoms. The van der Waals surface area contributed by atoms with Crippen LogP contribution >= 0.6 is 0 Å². The number of hydrogen-bond acceptors (Lipinski definition) is 12. The molecule has 4 amide bonds. The Kier molecular flexibility index (Phi) is 43.1. The normalized spacial score (nSPS) is 13.8. The Balaban J connectivity index is 6.28. The first-order valence-electron chi connectivity index (χ1n) is 30.1. The van der Waals surface area contributed by atoms with Gasteiger partial charge in [0.1, 0.15) is 0 Å². The highest BCUT2D eigenvalue weighted by Gasteiger charge is 2.27. The average Bonchev–Trinajstić information content (AvgIpc) is 3.30. The van der Waals surface area contributed by atoms with Crippen molar-refractivity contribution in [1.82, 2.24) is 63.0 Å². The van der Waals surface area contributed by atoms with Gasteiger partial charge in [-0.1, -0.05) is 136 Å². The predicted octanol–water partition coefficient (Wildman–Crippen LogP) is 6.58. The Morgan fingerprint density at radius 2 is 0.527 bits per heavy atom. The molecule has 0 spiro atoms. The number of rotatable bonds is 49. The molecule has 0 aromatic rings. The predicted molar refractivity (Wildman–Crippen MR) is 314 cm³/mol. The lowest BCUT2D eigenvalue weighted by Crippen LogP contribution is -2.50. The third-order valence-corrected chi connectivity index (χ3v) is 12.8. The zero-order valence-corrected chi connectivity index (χ0v) is 50.8. The molecule has 0 bridgehead atoms. The van der Waals surface area contributed by atoms with Gasteiger partial charge in [-0.15, -0.1) is 0 Å². The van der Waals surface area contributed by atoms with E-state index in [1.807, 2.05) is 9.80 Å². The molecule has 0 aromatic heterocycles. The van der Waals surface area contributed by atoms with Crippen molar-refractivity contribution < 1.29 is 19.2 Å². The van der Waals surface area contributed by atoms with E-state index < -0.39 is 0 Å². The summed E-state index contributed by atoms with van der Waals surface area (Å²) in [6.45, 7) is 40.8. The fourth-order valence-corrected chi connectivity index (χ4v) is 9.12. The van der Waals surface area contributed by atoms with Gasteiger partial charge in [-0.3, -0.25) is 19.2 Å². The molecule has 0 saturated heterocycles. The maximum atomic E-state index is 14.6. The van der Waals surface area contributed by atoms with E-state index >= 15 is 0 Å². The van der Waals surface area contributed by atoms with Crippen LogP contribution in [0.1, 0.15) is 214 Å². The van der Waals surface area contributed by atoms with Gasteiger partial charge in [0.05, 0.1) is 24.2 Å². The number of nitrogens with one attached hydrogen (secondary N) is 10. The first-order chi connectivity index (χ1) is 35.0. The van der Waals surface area contributed by atoms with Crippen molar-refractivity contribution in [3.05, 3.63) is 0 Å². The zero-order chi connectivity index (χ0) is 55.8. The highest BCUT2D eigenvalue weighted by molar-refractivity contribution is 5.83. The number of carbonyl (C=O) groups is 4. The minimum absolute atomic E-state index is 0.0156. The van der Waals surface area contributed by atoms with E-state index in [-0.39, 0.29) is 72.0 Å². The third-order valence-electron chi connectivity index (χ3n) is 12.8. The van der Waals surface area contributed by atoms with Crippen molar-refractivity contribution in [1.29, 1.82) is 0 Å². The Morgan fingerprint density at radius 3 is 0.784 bits per heavy atom. The molecule has 0 rings (SSSR count). The van der Waals surface area contributed by atoms with Crippen LogP contribution in [0, 0.1) is 0 Å². The highest BCUT2D eigenvalue weighted by atomic mass is 16.2. The monoisotopic (exact) mass is 1050 g/mol. The molecule has 0 saturated carbocycles. The van der Waals surface area contributed by atoms with Crippen molar-refractivity contribution in [3.8, 4) is 0 Å². The second-order valence-corrected chi connectivity index (χ2v) is 23.6. The number of nitrogens with zero attached hydrogens (tertiary/aromatic N) is 2. The van der Waals surface area contributed by atoms with Gasteiger partial charge in [0.25, 0.3) is 0 Å². The summed E-state index contributed by atoms with van der Waals surface area (Å²) >= 11 is 0. The summed E-state index contributed by atoms with van der Waals surface area (Å²) in [6.07, 6.45) is 13.6. The quantitative estimate of drug-likeness (QED) is 0.0295. The molecular weight excluding hydrogens is 929 g/mol. The van der Waals surface area contributed by atoms with Crippen LogP contribution < -0.4 is 53.2 Å². The lowest BCUT2D eigenvalue weighted by Gasteiger charge is -2.31. The maximum Gasteiger partial charge on any atom is 0.239 e. The first kappa shape index (κ1) is 71.6. The van der Waals surface area contributed by atoms with Gasteiger partial charge in [-0.2, -0.15) is 0 Å². The van der Waals surface area contributed by atoms with E-state index in [1.54, 1.807) is 0 Å². The Labute approximate surface area is 455 Å². The lowest BCUT2D eigenvalue weighted by atomic mass is 10.1. The molecule has 0 aliphatic rings. The van der Waals surface area contributed by atoms with Gasteiger partial charge in [-0.25, -0.2) is 0 Å².